The minimum atomic E-state index is -4.35. The van der Waals surface area contributed by atoms with Crippen molar-refractivity contribution in [2.75, 3.05) is 6.61 Å². The van der Waals surface area contributed by atoms with Crippen molar-refractivity contribution in [3.05, 3.63) is 47.6 Å². The molecule has 0 spiro atoms. The van der Waals surface area contributed by atoms with Crippen molar-refractivity contribution in [1.82, 2.24) is 0 Å². The zero-order chi connectivity index (χ0) is 15.7. The zero-order valence-electron chi connectivity index (χ0n) is 12.4. The van der Waals surface area contributed by atoms with Gasteiger partial charge in [-0.15, -0.1) is 0 Å². The van der Waals surface area contributed by atoms with Gasteiger partial charge in [0, 0.05) is 11.0 Å². The van der Waals surface area contributed by atoms with Crippen LogP contribution in [0.2, 0.25) is 0 Å². The number of alkyl halides is 3. The molecule has 1 aromatic carbocycles. The first-order chi connectivity index (χ1) is 9.73. The van der Waals surface area contributed by atoms with Gasteiger partial charge in [0.15, 0.2) is 0 Å². The van der Waals surface area contributed by atoms with E-state index >= 15 is 0 Å². The van der Waals surface area contributed by atoms with Gasteiger partial charge in [-0.1, -0.05) is 39.0 Å². The SMILES string of the molecule is CC/C=C/C1=CC(C)(C)COc2ccc(C(F)(F)F)cc21. The standard InChI is InChI=1S/C17H19F3O/c1-4-5-6-12-10-16(2,3)11-21-15-8-7-13(9-14(12)15)17(18,19)20/h5-10H,4,11H2,1-3H3/b6-5+. The molecule has 0 radical (unpaired) electrons. The second-order valence-electron chi connectivity index (χ2n) is 5.90. The third-order valence-corrected chi connectivity index (χ3v) is 3.30. The van der Waals surface area contributed by atoms with Gasteiger partial charge in [-0.3, -0.25) is 0 Å². The highest BCUT2D eigenvalue weighted by Gasteiger charge is 2.32. The molecule has 0 saturated heterocycles. The first-order valence-electron chi connectivity index (χ1n) is 6.97. The van der Waals surface area contributed by atoms with E-state index in [1.165, 1.54) is 12.1 Å². The van der Waals surface area contributed by atoms with E-state index in [4.69, 9.17) is 4.74 Å². The number of rotatable bonds is 2. The average molecular weight is 296 g/mol. The highest BCUT2D eigenvalue weighted by molar-refractivity contribution is 5.79. The second-order valence-corrected chi connectivity index (χ2v) is 5.90. The van der Waals surface area contributed by atoms with Gasteiger partial charge in [0.25, 0.3) is 0 Å². The van der Waals surface area contributed by atoms with Crippen LogP contribution in [0.3, 0.4) is 0 Å². The van der Waals surface area contributed by atoms with E-state index < -0.39 is 11.7 Å². The molecule has 0 fully saturated rings. The lowest BCUT2D eigenvalue weighted by atomic mass is 9.90. The van der Waals surface area contributed by atoms with Crippen molar-refractivity contribution >= 4 is 5.57 Å². The molecule has 0 saturated carbocycles. The first-order valence-corrected chi connectivity index (χ1v) is 6.97. The Labute approximate surface area is 123 Å². The predicted molar refractivity (Wildman–Crippen MR) is 78.1 cm³/mol. The molecule has 114 valence electrons. The van der Waals surface area contributed by atoms with E-state index in [1.807, 2.05) is 39.0 Å². The van der Waals surface area contributed by atoms with Crippen LogP contribution < -0.4 is 4.74 Å². The minimum Gasteiger partial charge on any atom is -0.492 e. The van der Waals surface area contributed by atoms with E-state index in [0.29, 0.717) is 17.9 Å². The van der Waals surface area contributed by atoms with Crippen LogP contribution in [-0.4, -0.2) is 6.61 Å². The molecule has 0 aromatic heterocycles. The second kappa shape index (κ2) is 5.58. The number of hydrogen-bond donors (Lipinski definition) is 0. The summed E-state index contributed by atoms with van der Waals surface area (Å²) >= 11 is 0. The summed E-state index contributed by atoms with van der Waals surface area (Å²) in [5, 5.41) is 0. The zero-order valence-corrected chi connectivity index (χ0v) is 12.4. The lowest BCUT2D eigenvalue weighted by Crippen LogP contribution is -2.17. The molecule has 2 rings (SSSR count). The number of benzene rings is 1. The summed E-state index contributed by atoms with van der Waals surface area (Å²) in [6.45, 7) is 6.43. The molecule has 0 bridgehead atoms. The van der Waals surface area contributed by atoms with Gasteiger partial charge in [-0.05, 0) is 30.2 Å². The fourth-order valence-electron chi connectivity index (χ4n) is 2.24. The monoisotopic (exact) mass is 296 g/mol. The third kappa shape index (κ3) is 3.69. The Morgan fingerprint density at radius 3 is 2.62 bits per heavy atom. The maximum absolute atomic E-state index is 12.9. The molecule has 1 heterocycles. The summed E-state index contributed by atoms with van der Waals surface area (Å²) in [6, 6.07) is 3.65. The van der Waals surface area contributed by atoms with Crippen LogP contribution in [0.5, 0.6) is 5.75 Å². The van der Waals surface area contributed by atoms with Crippen LogP contribution in [0.25, 0.3) is 5.57 Å². The molecular formula is C17H19F3O. The van der Waals surface area contributed by atoms with Gasteiger partial charge < -0.3 is 4.74 Å². The molecule has 1 aliphatic heterocycles. The maximum atomic E-state index is 12.9. The summed E-state index contributed by atoms with van der Waals surface area (Å²) in [5.74, 6) is 0.501. The van der Waals surface area contributed by atoms with E-state index in [2.05, 4.69) is 0 Å². The van der Waals surface area contributed by atoms with Gasteiger partial charge in [-0.2, -0.15) is 13.2 Å². The molecule has 1 nitrogen and oxygen atoms in total. The highest BCUT2D eigenvalue weighted by atomic mass is 19.4. The number of fused-ring (bicyclic) bond motifs is 1. The Kier molecular flexibility index (Phi) is 4.17. The van der Waals surface area contributed by atoms with E-state index in [0.717, 1.165) is 18.1 Å². The average Bonchev–Trinajstić information content (AvgIpc) is 2.52. The van der Waals surface area contributed by atoms with Gasteiger partial charge in [0.1, 0.15) is 5.75 Å². The fraction of sp³-hybridized carbons (Fsp3) is 0.412. The molecule has 21 heavy (non-hydrogen) atoms. The number of allylic oxidation sites excluding steroid dienone is 3. The van der Waals surface area contributed by atoms with Crippen molar-refractivity contribution in [2.45, 2.75) is 33.4 Å². The third-order valence-electron chi connectivity index (χ3n) is 3.30. The van der Waals surface area contributed by atoms with Crippen LogP contribution in [0, 0.1) is 5.41 Å². The summed E-state index contributed by atoms with van der Waals surface area (Å²) in [6.07, 6.45) is 2.27. The lowest BCUT2D eigenvalue weighted by molar-refractivity contribution is -0.137. The smallest absolute Gasteiger partial charge is 0.416 e. The first kappa shape index (κ1) is 15.7. The molecule has 0 amide bonds. The Balaban J connectivity index is 2.57. The van der Waals surface area contributed by atoms with Gasteiger partial charge in [-0.25, -0.2) is 0 Å². The van der Waals surface area contributed by atoms with Crippen LogP contribution in [0.4, 0.5) is 13.2 Å². The molecule has 0 aliphatic carbocycles. The summed E-state index contributed by atoms with van der Waals surface area (Å²) in [4.78, 5) is 0. The number of halogens is 3. The summed E-state index contributed by atoms with van der Waals surface area (Å²) in [7, 11) is 0. The van der Waals surface area contributed by atoms with Crippen molar-refractivity contribution in [1.29, 1.82) is 0 Å². The van der Waals surface area contributed by atoms with Crippen LogP contribution >= 0.6 is 0 Å². The van der Waals surface area contributed by atoms with Crippen LogP contribution in [0.1, 0.15) is 38.3 Å². The molecule has 0 atom stereocenters. The predicted octanol–water partition coefficient (Wildman–Crippen LogP) is 5.47. The van der Waals surface area contributed by atoms with Crippen molar-refractivity contribution in [3.63, 3.8) is 0 Å². The Hall–Kier alpha value is -1.71. The highest BCUT2D eigenvalue weighted by Crippen LogP contribution is 2.39. The molecule has 0 N–H and O–H groups in total. The minimum absolute atomic E-state index is 0.231. The molecule has 1 aromatic rings. The van der Waals surface area contributed by atoms with Crippen molar-refractivity contribution in [2.24, 2.45) is 5.41 Å². The normalized spacial score (nSPS) is 17.9. The molecule has 0 unspecified atom stereocenters. The molecule has 1 aliphatic rings. The Morgan fingerprint density at radius 1 is 1.29 bits per heavy atom. The van der Waals surface area contributed by atoms with Crippen molar-refractivity contribution in [3.8, 4) is 5.75 Å². The topological polar surface area (TPSA) is 9.23 Å². The largest absolute Gasteiger partial charge is 0.492 e. The van der Waals surface area contributed by atoms with Gasteiger partial charge in [0.05, 0.1) is 12.2 Å². The Morgan fingerprint density at radius 2 is 2.00 bits per heavy atom. The number of hydrogen-bond acceptors (Lipinski definition) is 1. The molecule has 4 heteroatoms. The van der Waals surface area contributed by atoms with Crippen LogP contribution in [-0.2, 0) is 6.18 Å². The van der Waals surface area contributed by atoms with Crippen LogP contribution in [0.15, 0.2) is 36.4 Å². The molecular weight excluding hydrogens is 277 g/mol. The maximum Gasteiger partial charge on any atom is 0.416 e. The summed E-state index contributed by atoms with van der Waals surface area (Å²) < 4.78 is 44.4. The van der Waals surface area contributed by atoms with E-state index in [1.54, 1.807) is 0 Å². The Bertz CT molecular complexity index is 580. The fourth-order valence-corrected chi connectivity index (χ4v) is 2.24. The summed E-state index contributed by atoms with van der Waals surface area (Å²) in [5.41, 5.74) is 0.395. The van der Waals surface area contributed by atoms with Gasteiger partial charge in [0.2, 0.25) is 0 Å². The van der Waals surface area contributed by atoms with Gasteiger partial charge >= 0.3 is 6.18 Å². The quantitative estimate of drug-likeness (QED) is 0.702. The lowest BCUT2D eigenvalue weighted by Gasteiger charge is -2.18. The van der Waals surface area contributed by atoms with E-state index in [-0.39, 0.29) is 5.41 Å². The van der Waals surface area contributed by atoms with E-state index in [9.17, 15) is 13.2 Å². The van der Waals surface area contributed by atoms with Crippen molar-refractivity contribution < 1.29 is 17.9 Å². The number of ether oxygens (including phenoxy) is 1.